The molecule has 0 aromatic carbocycles. The van der Waals surface area contributed by atoms with Crippen LogP contribution in [0.4, 0.5) is 0 Å². The zero-order valence-electron chi connectivity index (χ0n) is 12.2. The minimum absolute atomic E-state index is 0.243. The molecule has 94 valence electrons. The minimum atomic E-state index is 0.243. The summed E-state index contributed by atoms with van der Waals surface area (Å²) in [4.78, 5) is 4.02. The van der Waals surface area contributed by atoms with Crippen LogP contribution in [0.1, 0.15) is 62.3 Å². The molecule has 15 heavy (non-hydrogen) atoms. The van der Waals surface area contributed by atoms with Crippen molar-refractivity contribution in [2.75, 3.05) is 0 Å². The van der Waals surface area contributed by atoms with E-state index in [-0.39, 0.29) is 6.10 Å². The van der Waals surface area contributed by atoms with Gasteiger partial charge in [-0.2, -0.15) is 0 Å². The lowest BCUT2D eigenvalue weighted by atomic mass is 10.3. The SMILES string of the molecule is CC.CC(C)C.CC(C)N=COC(C)C. The van der Waals surface area contributed by atoms with Gasteiger partial charge in [0.15, 0.2) is 6.40 Å². The van der Waals surface area contributed by atoms with Crippen LogP contribution in [-0.4, -0.2) is 18.5 Å². The summed E-state index contributed by atoms with van der Waals surface area (Å²) in [5, 5.41) is 0. The van der Waals surface area contributed by atoms with E-state index in [1.54, 1.807) is 0 Å². The van der Waals surface area contributed by atoms with Gasteiger partial charge in [-0.05, 0) is 33.6 Å². The predicted molar refractivity (Wildman–Crippen MR) is 71.7 cm³/mol. The quantitative estimate of drug-likeness (QED) is 0.502. The average molecular weight is 217 g/mol. The fourth-order valence-corrected chi connectivity index (χ4v) is 0.279. The molecule has 0 aromatic rings. The first-order valence-corrected chi connectivity index (χ1v) is 6.03. The molecule has 0 aromatic heterocycles. The first-order valence-electron chi connectivity index (χ1n) is 6.03. The standard InChI is InChI=1S/C7H15NO.C4H10.C2H6/c1-6(2)8-5-9-7(3)4;1-4(2)3;1-2/h5-7H,1-4H3;4H,1-3H3;1-2H3. The molecule has 0 atom stereocenters. The Hall–Kier alpha value is -0.530. The Bertz CT molecular complexity index is 115. The zero-order chi connectivity index (χ0) is 12.9. The van der Waals surface area contributed by atoms with Crippen LogP contribution < -0.4 is 0 Å². The summed E-state index contributed by atoms with van der Waals surface area (Å²) in [6.07, 6.45) is 1.77. The number of rotatable bonds is 3. The van der Waals surface area contributed by atoms with E-state index in [4.69, 9.17) is 4.74 Å². The molecule has 0 fully saturated rings. The average Bonchev–Trinajstić information content (AvgIpc) is 2.05. The number of ether oxygens (including phenoxy) is 1. The highest BCUT2D eigenvalue weighted by Gasteiger charge is 1.87. The van der Waals surface area contributed by atoms with Gasteiger partial charge in [0.05, 0.1) is 6.10 Å². The van der Waals surface area contributed by atoms with E-state index < -0.39 is 0 Å². The highest BCUT2D eigenvalue weighted by atomic mass is 16.5. The minimum Gasteiger partial charge on any atom is -0.481 e. The van der Waals surface area contributed by atoms with Gasteiger partial charge in [0.25, 0.3) is 0 Å². The zero-order valence-corrected chi connectivity index (χ0v) is 12.2. The van der Waals surface area contributed by atoms with Crippen LogP contribution in [-0.2, 0) is 4.74 Å². The topological polar surface area (TPSA) is 21.6 Å². The molecule has 2 nitrogen and oxygen atoms in total. The molecule has 0 bridgehead atoms. The molecule has 0 spiro atoms. The lowest BCUT2D eigenvalue weighted by Gasteiger charge is -2.02. The third-order valence-electron chi connectivity index (χ3n) is 0.692. The lowest BCUT2D eigenvalue weighted by Crippen LogP contribution is -2.01. The molecule has 0 unspecified atom stereocenters. The van der Waals surface area contributed by atoms with E-state index in [9.17, 15) is 0 Å². The van der Waals surface area contributed by atoms with E-state index in [0.717, 1.165) is 5.92 Å². The molecular weight excluding hydrogens is 186 g/mol. The van der Waals surface area contributed by atoms with E-state index in [1.807, 2.05) is 41.5 Å². The molecule has 0 radical (unpaired) electrons. The molecule has 2 heteroatoms. The van der Waals surface area contributed by atoms with Gasteiger partial charge < -0.3 is 4.74 Å². The van der Waals surface area contributed by atoms with Crippen molar-refractivity contribution in [3.8, 4) is 0 Å². The highest BCUT2D eigenvalue weighted by molar-refractivity contribution is 5.46. The van der Waals surface area contributed by atoms with Crippen molar-refractivity contribution < 1.29 is 4.74 Å². The smallest absolute Gasteiger partial charge is 0.170 e. The molecule has 0 aliphatic carbocycles. The predicted octanol–water partition coefficient (Wildman–Crippen LogP) is 4.54. The third-order valence-corrected chi connectivity index (χ3v) is 0.692. The van der Waals surface area contributed by atoms with Gasteiger partial charge in [-0.25, -0.2) is 0 Å². The second kappa shape index (κ2) is 15.9. The summed E-state index contributed by atoms with van der Waals surface area (Å²) in [5.74, 6) is 0.833. The molecule has 0 N–H and O–H groups in total. The summed E-state index contributed by atoms with van der Waals surface area (Å²) in [6, 6.07) is 0.337. The maximum Gasteiger partial charge on any atom is 0.170 e. The van der Waals surface area contributed by atoms with Crippen molar-refractivity contribution in [3.05, 3.63) is 0 Å². The Kier molecular flexibility index (Phi) is 21.2. The molecule has 0 heterocycles. The van der Waals surface area contributed by atoms with Crippen molar-refractivity contribution in [1.82, 2.24) is 0 Å². The number of aliphatic imine (C=N–C) groups is 1. The normalized spacial score (nSPS) is 9.87. The van der Waals surface area contributed by atoms with Crippen LogP contribution in [0.3, 0.4) is 0 Å². The lowest BCUT2D eigenvalue weighted by molar-refractivity contribution is 0.240. The van der Waals surface area contributed by atoms with Crippen molar-refractivity contribution in [2.45, 2.75) is 74.5 Å². The maximum atomic E-state index is 5.06. The first-order chi connectivity index (χ1) is 6.86. The van der Waals surface area contributed by atoms with Gasteiger partial charge in [-0.15, -0.1) is 0 Å². The first kappa shape index (κ1) is 20.0. The summed E-state index contributed by atoms with van der Waals surface area (Å²) in [6.45, 7) is 18.5. The van der Waals surface area contributed by atoms with E-state index >= 15 is 0 Å². The monoisotopic (exact) mass is 217 g/mol. The van der Waals surface area contributed by atoms with Gasteiger partial charge in [0.2, 0.25) is 0 Å². The van der Waals surface area contributed by atoms with Gasteiger partial charge in [-0.1, -0.05) is 34.6 Å². The van der Waals surface area contributed by atoms with Crippen LogP contribution in [0.2, 0.25) is 0 Å². The van der Waals surface area contributed by atoms with Crippen molar-refractivity contribution in [1.29, 1.82) is 0 Å². The molecule has 0 saturated heterocycles. The number of nitrogens with zero attached hydrogens (tertiary/aromatic N) is 1. The van der Waals surface area contributed by atoms with Gasteiger partial charge in [-0.3, -0.25) is 4.99 Å². The Morgan fingerprint density at radius 1 is 0.867 bits per heavy atom. The molecule has 0 saturated carbocycles. The van der Waals surface area contributed by atoms with Crippen LogP contribution in [0.5, 0.6) is 0 Å². The van der Waals surface area contributed by atoms with Crippen LogP contribution in [0.15, 0.2) is 4.99 Å². The van der Waals surface area contributed by atoms with Crippen LogP contribution in [0, 0.1) is 5.92 Å². The Balaban J connectivity index is -0.000000202. The maximum absolute atomic E-state index is 5.06. The Labute approximate surface area is 97.1 Å². The fourth-order valence-electron chi connectivity index (χ4n) is 0.279. The largest absolute Gasteiger partial charge is 0.481 e. The van der Waals surface area contributed by atoms with E-state index in [0.29, 0.717) is 6.04 Å². The third kappa shape index (κ3) is 59.2. The summed E-state index contributed by atoms with van der Waals surface area (Å²) in [7, 11) is 0. The fraction of sp³-hybridized carbons (Fsp3) is 0.923. The number of hydrogen-bond acceptors (Lipinski definition) is 2. The Morgan fingerprint density at radius 2 is 1.20 bits per heavy atom. The second-order valence-corrected chi connectivity index (χ2v) is 4.27. The Morgan fingerprint density at radius 3 is 1.40 bits per heavy atom. The highest BCUT2D eigenvalue weighted by Crippen LogP contribution is 1.86. The van der Waals surface area contributed by atoms with Gasteiger partial charge in [0.1, 0.15) is 0 Å². The van der Waals surface area contributed by atoms with Crippen LogP contribution in [0.25, 0.3) is 0 Å². The molecule has 0 aliphatic rings. The molecule has 0 amide bonds. The van der Waals surface area contributed by atoms with Gasteiger partial charge >= 0.3 is 0 Å². The molecule has 0 rings (SSSR count). The van der Waals surface area contributed by atoms with Crippen molar-refractivity contribution >= 4 is 6.40 Å². The van der Waals surface area contributed by atoms with Crippen LogP contribution >= 0.6 is 0 Å². The van der Waals surface area contributed by atoms with Crippen molar-refractivity contribution in [3.63, 3.8) is 0 Å². The summed E-state index contributed by atoms with van der Waals surface area (Å²) in [5.41, 5.74) is 0. The molecular formula is C13H31NO. The van der Waals surface area contributed by atoms with E-state index in [1.165, 1.54) is 6.40 Å². The molecule has 0 aliphatic heterocycles. The van der Waals surface area contributed by atoms with Crippen molar-refractivity contribution in [2.24, 2.45) is 10.9 Å². The second-order valence-electron chi connectivity index (χ2n) is 4.27. The summed E-state index contributed by atoms with van der Waals surface area (Å²) < 4.78 is 5.06. The number of hydrogen-bond donors (Lipinski definition) is 0. The van der Waals surface area contributed by atoms with E-state index in [2.05, 4.69) is 25.8 Å². The van der Waals surface area contributed by atoms with Gasteiger partial charge in [0, 0.05) is 6.04 Å². The summed E-state index contributed by atoms with van der Waals surface area (Å²) >= 11 is 0.